The molecule has 0 rings (SSSR count). The Morgan fingerprint density at radius 3 is 0.421 bits per heavy atom. The number of hydrogen-bond donors (Lipinski definition) is 0. The third kappa shape index (κ3) is 0. The van der Waals surface area contributed by atoms with Gasteiger partial charge in [0.25, 0.3) is 0 Å². The SMILES string of the molecule is CC.CC.CC.CC.CC.CC.CC(C)C.CCC. The van der Waals surface area contributed by atoms with Crippen LogP contribution in [0.5, 0.6) is 0 Å². The van der Waals surface area contributed by atoms with Crippen LogP contribution in [0.2, 0.25) is 0 Å². The molecule has 0 aromatic rings. The van der Waals surface area contributed by atoms with Crippen LogP contribution in [0.15, 0.2) is 0 Å². The molecule has 0 saturated heterocycles. The lowest BCUT2D eigenvalue weighted by Crippen LogP contribution is -1.66. The van der Waals surface area contributed by atoms with Gasteiger partial charge in [-0.05, 0) is 5.92 Å². The van der Waals surface area contributed by atoms with Crippen molar-refractivity contribution in [2.24, 2.45) is 5.92 Å². The molecule has 0 unspecified atom stereocenters. The van der Waals surface area contributed by atoms with Gasteiger partial charge in [-0.25, -0.2) is 0 Å². The van der Waals surface area contributed by atoms with Gasteiger partial charge in [0.1, 0.15) is 0 Å². The summed E-state index contributed by atoms with van der Waals surface area (Å²) in [5.41, 5.74) is 0. The first-order chi connectivity index (χ1) is 9.15. The second-order valence-corrected chi connectivity index (χ2v) is 2.44. The molecule has 0 aliphatic carbocycles. The maximum Gasteiger partial charge on any atom is -0.0500 e. The molecular weight excluding hydrogens is 228 g/mol. The highest BCUT2D eigenvalue weighted by Crippen LogP contribution is 1.81. The molecular formula is C19H54. The van der Waals surface area contributed by atoms with E-state index in [1.807, 2.05) is 83.1 Å². The maximum atomic E-state index is 2.17. The van der Waals surface area contributed by atoms with Gasteiger partial charge in [0.2, 0.25) is 0 Å². The zero-order chi connectivity index (χ0) is 18.3. The van der Waals surface area contributed by atoms with Gasteiger partial charge in [-0.3, -0.25) is 0 Å². The third-order valence-corrected chi connectivity index (χ3v) is 0. The lowest BCUT2D eigenvalue weighted by atomic mass is 10.3. The average Bonchev–Trinajstić information content (AvgIpc) is 2.51. The van der Waals surface area contributed by atoms with Crippen LogP contribution in [0, 0.1) is 5.92 Å². The van der Waals surface area contributed by atoms with Gasteiger partial charge in [0, 0.05) is 0 Å². The van der Waals surface area contributed by atoms with Crippen molar-refractivity contribution < 1.29 is 0 Å². The molecule has 130 valence electrons. The van der Waals surface area contributed by atoms with Crippen LogP contribution < -0.4 is 0 Å². The first kappa shape index (κ1) is 50.9. The Kier molecular flexibility index (Phi) is 871. The van der Waals surface area contributed by atoms with E-state index in [0.717, 1.165) is 5.92 Å². The largest absolute Gasteiger partial charge is 0.0683 e. The lowest BCUT2D eigenvalue weighted by Gasteiger charge is -1.79. The predicted octanol–water partition coefficient (Wildman–Crippen LogP) is 9.24. The molecule has 0 spiro atoms. The van der Waals surface area contributed by atoms with E-state index in [2.05, 4.69) is 34.6 Å². The quantitative estimate of drug-likeness (QED) is 0.415. The van der Waals surface area contributed by atoms with Gasteiger partial charge < -0.3 is 0 Å². The molecule has 0 N–H and O–H groups in total. The van der Waals surface area contributed by atoms with E-state index in [4.69, 9.17) is 0 Å². The second-order valence-electron chi connectivity index (χ2n) is 2.44. The van der Waals surface area contributed by atoms with Gasteiger partial charge in [0.05, 0.1) is 0 Å². The molecule has 0 aromatic heterocycles. The zero-order valence-electron chi connectivity index (χ0n) is 18.3. The van der Waals surface area contributed by atoms with E-state index < -0.39 is 0 Å². The third-order valence-electron chi connectivity index (χ3n) is 0. The summed E-state index contributed by atoms with van der Waals surface area (Å²) in [6.07, 6.45) is 1.25. The van der Waals surface area contributed by atoms with E-state index >= 15 is 0 Å². The average molecular weight is 283 g/mol. The normalized spacial score (nSPS) is 4.74. The highest BCUT2D eigenvalue weighted by atomic mass is 13.7. The van der Waals surface area contributed by atoms with Crippen LogP contribution in [-0.4, -0.2) is 0 Å². The Morgan fingerprint density at radius 1 is 0.421 bits per heavy atom. The molecule has 0 aliphatic heterocycles. The number of rotatable bonds is 0. The summed E-state index contributed by atoms with van der Waals surface area (Å²) in [4.78, 5) is 0. The van der Waals surface area contributed by atoms with Crippen molar-refractivity contribution >= 4 is 0 Å². The summed E-state index contributed by atoms with van der Waals surface area (Å²) in [5.74, 6) is 0.833. The minimum Gasteiger partial charge on any atom is -0.0683 e. The second kappa shape index (κ2) is 325. The minimum absolute atomic E-state index is 0.833. The summed E-state index contributed by atoms with van der Waals surface area (Å²) >= 11 is 0. The van der Waals surface area contributed by atoms with E-state index in [9.17, 15) is 0 Å². The van der Waals surface area contributed by atoms with Crippen LogP contribution in [-0.2, 0) is 0 Å². The summed E-state index contributed by atoms with van der Waals surface area (Å²) < 4.78 is 0. The van der Waals surface area contributed by atoms with E-state index in [1.54, 1.807) is 0 Å². The van der Waals surface area contributed by atoms with Gasteiger partial charge >= 0.3 is 0 Å². The Morgan fingerprint density at radius 2 is 0.421 bits per heavy atom. The highest BCUT2D eigenvalue weighted by Gasteiger charge is 1.68. The van der Waals surface area contributed by atoms with Gasteiger partial charge in [0.15, 0.2) is 0 Å². The molecule has 0 fully saturated rings. The van der Waals surface area contributed by atoms with E-state index in [1.165, 1.54) is 6.42 Å². The molecule has 0 amide bonds. The molecule has 0 bridgehead atoms. The standard InChI is InChI=1S/C4H10.C3H8.6C2H6/c1-4(2)3;1-3-2;6*1-2/h4H,1-3H3;3H2,1-2H3;6*1-2H3. The maximum absolute atomic E-state index is 2.17. The molecule has 0 aromatic carbocycles. The van der Waals surface area contributed by atoms with Crippen molar-refractivity contribution in [1.29, 1.82) is 0 Å². The fraction of sp³-hybridized carbons (Fsp3) is 1.00. The Hall–Kier alpha value is 0. The topological polar surface area (TPSA) is 0 Å². The zero-order valence-corrected chi connectivity index (χ0v) is 18.3. The molecule has 19 heavy (non-hydrogen) atoms. The Labute approximate surface area is 130 Å². The first-order valence-corrected chi connectivity index (χ1v) is 9.15. The smallest absolute Gasteiger partial charge is 0.0500 e. The van der Waals surface area contributed by atoms with Crippen molar-refractivity contribution in [2.75, 3.05) is 0 Å². The fourth-order valence-electron chi connectivity index (χ4n) is 0. The first-order valence-electron chi connectivity index (χ1n) is 9.15. The van der Waals surface area contributed by atoms with Crippen molar-refractivity contribution in [3.63, 3.8) is 0 Å². The Balaban J connectivity index is -0.0000000124. The van der Waals surface area contributed by atoms with E-state index in [0.29, 0.717) is 0 Å². The molecule has 0 saturated carbocycles. The van der Waals surface area contributed by atoms with Gasteiger partial charge in [-0.15, -0.1) is 0 Å². The van der Waals surface area contributed by atoms with E-state index in [-0.39, 0.29) is 0 Å². The molecule has 0 nitrogen and oxygen atoms in total. The van der Waals surface area contributed by atoms with Crippen molar-refractivity contribution in [3.8, 4) is 0 Å². The molecule has 0 heteroatoms. The molecule has 0 heterocycles. The summed E-state index contributed by atoms with van der Waals surface area (Å²) in [5, 5.41) is 0. The lowest BCUT2D eigenvalue weighted by molar-refractivity contribution is 0.737. The fourth-order valence-corrected chi connectivity index (χ4v) is 0. The Bertz CT molecular complexity index is 11.2. The van der Waals surface area contributed by atoms with Crippen LogP contribution in [0.3, 0.4) is 0 Å². The summed E-state index contributed by atoms with van der Waals surface area (Å²) in [6, 6.07) is 0. The molecule has 0 aliphatic rings. The minimum atomic E-state index is 0.833. The van der Waals surface area contributed by atoms with Crippen LogP contribution in [0.25, 0.3) is 0 Å². The van der Waals surface area contributed by atoms with Crippen LogP contribution >= 0.6 is 0 Å². The molecule has 0 radical (unpaired) electrons. The predicted molar refractivity (Wildman–Crippen MR) is 105 cm³/mol. The van der Waals surface area contributed by atoms with Gasteiger partial charge in [-0.1, -0.05) is 124 Å². The van der Waals surface area contributed by atoms with Crippen LogP contribution in [0.4, 0.5) is 0 Å². The van der Waals surface area contributed by atoms with Crippen molar-refractivity contribution in [1.82, 2.24) is 0 Å². The van der Waals surface area contributed by atoms with Crippen molar-refractivity contribution in [3.05, 3.63) is 0 Å². The number of hydrogen-bond acceptors (Lipinski definition) is 0. The van der Waals surface area contributed by atoms with Crippen molar-refractivity contribution in [2.45, 2.75) is 124 Å². The molecule has 0 atom stereocenters. The monoisotopic (exact) mass is 282 g/mol. The van der Waals surface area contributed by atoms with Crippen LogP contribution in [0.1, 0.15) is 124 Å². The summed E-state index contributed by atoms with van der Waals surface area (Å²) in [7, 11) is 0. The highest BCUT2D eigenvalue weighted by molar-refractivity contribution is 4.20. The van der Waals surface area contributed by atoms with Gasteiger partial charge in [-0.2, -0.15) is 0 Å². The summed E-state index contributed by atoms with van der Waals surface area (Å²) in [6.45, 7) is 34.8.